The number of carbonyl (C=O) groups is 1. The number of aromatic nitrogens is 3. The Morgan fingerprint density at radius 3 is 2.75 bits per heavy atom. The monoisotopic (exact) mass is 399 g/mol. The minimum Gasteiger partial charge on any atom is -0.350 e. The van der Waals surface area contributed by atoms with Gasteiger partial charge in [0.05, 0.1) is 27.0 Å². The van der Waals surface area contributed by atoms with Crippen LogP contribution in [0.2, 0.25) is 0 Å². The predicted molar refractivity (Wildman–Crippen MR) is 105 cm³/mol. The molecule has 2 heterocycles. The highest BCUT2D eigenvalue weighted by Gasteiger charge is 2.13. The second-order valence-corrected chi connectivity index (χ2v) is 7.19. The molecule has 0 aliphatic carbocycles. The third kappa shape index (κ3) is 4.29. The number of benzene rings is 1. The molecule has 10 heteroatoms. The normalized spacial score (nSPS) is 10.6. The van der Waals surface area contributed by atoms with Gasteiger partial charge < -0.3 is 5.32 Å². The number of nitro groups is 1. The van der Waals surface area contributed by atoms with Crippen molar-refractivity contribution in [2.75, 3.05) is 6.54 Å². The van der Waals surface area contributed by atoms with Crippen molar-refractivity contribution in [2.45, 2.75) is 20.4 Å². The molecule has 3 aromatic rings. The van der Waals surface area contributed by atoms with Crippen LogP contribution >= 0.6 is 11.3 Å². The predicted octanol–water partition coefficient (Wildman–Crippen LogP) is 2.32. The molecule has 0 fully saturated rings. The van der Waals surface area contributed by atoms with Gasteiger partial charge in [0.2, 0.25) is 0 Å². The first-order valence-corrected chi connectivity index (χ1v) is 9.22. The van der Waals surface area contributed by atoms with Gasteiger partial charge >= 0.3 is 0 Å². The maximum Gasteiger partial charge on any atom is 0.270 e. The average molecular weight is 399 g/mol. The molecule has 0 unspecified atom stereocenters. The van der Waals surface area contributed by atoms with Gasteiger partial charge in [0, 0.05) is 30.3 Å². The molecule has 3 rings (SSSR count). The molecule has 9 nitrogen and oxygen atoms in total. The van der Waals surface area contributed by atoms with Gasteiger partial charge in [0.15, 0.2) is 0 Å². The minimum absolute atomic E-state index is 0.151. The van der Waals surface area contributed by atoms with E-state index < -0.39 is 10.8 Å². The highest BCUT2D eigenvalue weighted by molar-refractivity contribution is 7.15. The Morgan fingerprint density at radius 2 is 2.07 bits per heavy atom. The number of nitro benzene ring substituents is 1. The average Bonchev–Trinajstić information content (AvgIpc) is 3.01. The number of hydrogen-bond donors (Lipinski definition) is 1. The van der Waals surface area contributed by atoms with E-state index in [0.717, 1.165) is 15.6 Å². The van der Waals surface area contributed by atoms with Gasteiger partial charge in [-0.2, -0.15) is 5.10 Å². The van der Waals surface area contributed by atoms with Crippen LogP contribution in [0.5, 0.6) is 0 Å². The van der Waals surface area contributed by atoms with Crippen molar-refractivity contribution in [3.05, 3.63) is 73.1 Å². The molecule has 0 aliphatic rings. The van der Waals surface area contributed by atoms with Crippen molar-refractivity contribution in [3.8, 4) is 10.6 Å². The lowest BCUT2D eigenvalue weighted by atomic mass is 10.2. The Morgan fingerprint density at radius 1 is 1.29 bits per heavy atom. The number of amides is 1. The molecule has 1 amide bonds. The second-order valence-electron chi connectivity index (χ2n) is 5.99. The second kappa shape index (κ2) is 8.09. The SMILES string of the molecule is Cc1nc(C)c(-c2ccc(=O)n(CCNC(=O)c3cccc([N+](=O)[O-])c3)n2)s1. The van der Waals surface area contributed by atoms with Crippen molar-refractivity contribution in [2.24, 2.45) is 0 Å². The highest BCUT2D eigenvalue weighted by atomic mass is 32.1. The largest absolute Gasteiger partial charge is 0.350 e. The van der Waals surface area contributed by atoms with E-state index >= 15 is 0 Å². The summed E-state index contributed by atoms with van der Waals surface area (Å²) in [4.78, 5) is 39.8. The summed E-state index contributed by atoms with van der Waals surface area (Å²) in [7, 11) is 0. The lowest BCUT2D eigenvalue weighted by molar-refractivity contribution is -0.384. The molecule has 0 atom stereocenters. The molecule has 0 spiro atoms. The summed E-state index contributed by atoms with van der Waals surface area (Å²) in [5.41, 5.74) is 1.23. The van der Waals surface area contributed by atoms with Crippen molar-refractivity contribution < 1.29 is 9.72 Å². The molecule has 0 bridgehead atoms. The summed E-state index contributed by atoms with van der Waals surface area (Å²) in [5, 5.41) is 18.7. The highest BCUT2D eigenvalue weighted by Crippen LogP contribution is 2.27. The lowest BCUT2D eigenvalue weighted by Crippen LogP contribution is -2.31. The zero-order valence-corrected chi connectivity index (χ0v) is 16.0. The number of rotatable bonds is 6. The molecular weight excluding hydrogens is 382 g/mol. The summed E-state index contributed by atoms with van der Waals surface area (Å²) in [6.45, 7) is 4.11. The number of thiazole rings is 1. The van der Waals surface area contributed by atoms with E-state index in [-0.39, 0.29) is 29.9 Å². The van der Waals surface area contributed by atoms with Crippen LogP contribution in [0.25, 0.3) is 10.6 Å². The van der Waals surface area contributed by atoms with Crippen molar-refractivity contribution in [1.82, 2.24) is 20.1 Å². The number of nitrogens with zero attached hydrogens (tertiary/aromatic N) is 4. The molecule has 0 radical (unpaired) electrons. The van der Waals surface area contributed by atoms with E-state index in [9.17, 15) is 19.7 Å². The van der Waals surface area contributed by atoms with E-state index in [0.29, 0.717) is 5.69 Å². The Bertz CT molecular complexity index is 1110. The third-order valence-electron chi connectivity index (χ3n) is 3.93. The van der Waals surface area contributed by atoms with Crippen LogP contribution in [0.1, 0.15) is 21.1 Å². The van der Waals surface area contributed by atoms with Gasteiger partial charge in [0.1, 0.15) is 5.69 Å². The van der Waals surface area contributed by atoms with Crippen molar-refractivity contribution in [3.63, 3.8) is 0 Å². The van der Waals surface area contributed by atoms with Crippen molar-refractivity contribution >= 4 is 22.9 Å². The van der Waals surface area contributed by atoms with Gasteiger partial charge in [0.25, 0.3) is 17.2 Å². The number of carbonyl (C=O) groups excluding carboxylic acids is 1. The summed E-state index contributed by atoms with van der Waals surface area (Å²) in [5.74, 6) is -0.457. The third-order valence-corrected chi connectivity index (χ3v) is 5.03. The molecule has 28 heavy (non-hydrogen) atoms. The van der Waals surface area contributed by atoms with Gasteiger partial charge in [-0.25, -0.2) is 9.67 Å². The first kappa shape index (κ1) is 19.4. The fourth-order valence-corrected chi connectivity index (χ4v) is 3.52. The van der Waals surface area contributed by atoms with E-state index in [1.807, 2.05) is 13.8 Å². The molecule has 0 saturated carbocycles. The molecule has 144 valence electrons. The Hall–Kier alpha value is -3.40. The van der Waals surface area contributed by atoms with Crippen LogP contribution in [-0.4, -0.2) is 32.1 Å². The van der Waals surface area contributed by atoms with E-state index in [1.54, 1.807) is 6.07 Å². The minimum atomic E-state index is -0.561. The Balaban J connectivity index is 1.69. The fourth-order valence-electron chi connectivity index (χ4n) is 2.64. The Kier molecular flexibility index (Phi) is 5.59. The summed E-state index contributed by atoms with van der Waals surface area (Å²) >= 11 is 1.50. The van der Waals surface area contributed by atoms with Gasteiger partial charge in [-0.3, -0.25) is 19.7 Å². The zero-order chi connectivity index (χ0) is 20.3. The van der Waals surface area contributed by atoms with Crippen LogP contribution < -0.4 is 10.9 Å². The molecule has 0 aliphatic heterocycles. The van der Waals surface area contributed by atoms with Gasteiger partial charge in [-0.05, 0) is 26.0 Å². The summed E-state index contributed by atoms with van der Waals surface area (Å²) in [6.07, 6.45) is 0. The van der Waals surface area contributed by atoms with Crippen LogP contribution in [0.4, 0.5) is 5.69 Å². The number of nitrogens with one attached hydrogen (secondary N) is 1. The number of hydrogen-bond acceptors (Lipinski definition) is 7. The quantitative estimate of drug-likeness (QED) is 0.502. The molecular formula is C18H17N5O4S. The first-order chi connectivity index (χ1) is 13.3. The van der Waals surface area contributed by atoms with Crippen LogP contribution in [0.3, 0.4) is 0 Å². The van der Waals surface area contributed by atoms with E-state index in [2.05, 4.69) is 15.4 Å². The first-order valence-electron chi connectivity index (χ1n) is 8.40. The summed E-state index contributed by atoms with van der Waals surface area (Å²) < 4.78 is 1.28. The molecule has 0 saturated heterocycles. The maximum atomic E-state index is 12.2. The maximum absolute atomic E-state index is 12.2. The van der Waals surface area contributed by atoms with Crippen LogP contribution in [0.15, 0.2) is 41.2 Å². The summed E-state index contributed by atoms with van der Waals surface area (Å²) in [6, 6.07) is 8.54. The lowest BCUT2D eigenvalue weighted by Gasteiger charge is -2.08. The zero-order valence-electron chi connectivity index (χ0n) is 15.2. The number of aryl methyl sites for hydroxylation is 2. The van der Waals surface area contributed by atoms with E-state index in [4.69, 9.17) is 0 Å². The topological polar surface area (TPSA) is 120 Å². The van der Waals surface area contributed by atoms with Gasteiger partial charge in [-0.15, -0.1) is 11.3 Å². The Labute approximate surface area is 163 Å². The smallest absolute Gasteiger partial charge is 0.270 e. The fraction of sp³-hybridized carbons (Fsp3) is 0.222. The molecule has 2 aromatic heterocycles. The van der Waals surface area contributed by atoms with Crippen LogP contribution in [-0.2, 0) is 6.54 Å². The molecule has 1 N–H and O–H groups in total. The van der Waals surface area contributed by atoms with Gasteiger partial charge in [-0.1, -0.05) is 6.07 Å². The van der Waals surface area contributed by atoms with Crippen LogP contribution in [0, 0.1) is 24.0 Å². The number of non-ortho nitro benzene ring substituents is 1. The molecule has 1 aromatic carbocycles. The van der Waals surface area contributed by atoms with E-state index in [1.165, 1.54) is 46.4 Å². The standard InChI is InChI=1S/C18H17N5O4S/c1-11-17(28-12(2)20-11)15-6-7-16(24)22(21-15)9-8-19-18(25)13-4-3-5-14(10-13)23(26)27/h3-7,10H,8-9H2,1-2H3,(H,19,25). The van der Waals surface area contributed by atoms with Crippen molar-refractivity contribution in [1.29, 1.82) is 0 Å².